The molecular formula is C23H23ClN6O2S2. The van der Waals surface area contributed by atoms with Crippen LogP contribution < -0.4 is 11.1 Å². The van der Waals surface area contributed by atoms with Crippen LogP contribution in [0.15, 0.2) is 35.8 Å². The molecule has 3 aromatic heterocycles. The van der Waals surface area contributed by atoms with Crippen LogP contribution >= 0.6 is 34.3 Å². The van der Waals surface area contributed by atoms with Crippen molar-refractivity contribution in [1.29, 1.82) is 0 Å². The van der Waals surface area contributed by atoms with Crippen LogP contribution in [0.3, 0.4) is 0 Å². The fourth-order valence-corrected chi connectivity index (χ4v) is 5.67. The standard InChI is InChI=1S/C23H23ClN6O2S2/c1-13-18(30-9-10-33-23(30)27-13)20(31)26-7-8-29(12-14-5-6-14)21(32)17-19(34-22(25)28-17)15-3-2-4-16(24)11-15/h2-4,9-11,14H,5-8,12H2,1H3,(H2,25,28)(H,26,31). The highest BCUT2D eigenvalue weighted by atomic mass is 35.5. The van der Waals surface area contributed by atoms with E-state index in [1.807, 2.05) is 30.6 Å². The van der Waals surface area contributed by atoms with Crippen molar-refractivity contribution < 1.29 is 9.59 Å². The summed E-state index contributed by atoms with van der Waals surface area (Å²) in [7, 11) is 0. The van der Waals surface area contributed by atoms with Gasteiger partial charge in [0.05, 0.1) is 10.6 Å². The lowest BCUT2D eigenvalue weighted by Gasteiger charge is -2.22. The SMILES string of the molecule is Cc1nc2sccn2c1C(=O)NCCN(CC1CC1)C(=O)c1nc(N)sc1-c1cccc(Cl)c1. The van der Waals surface area contributed by atoms with Gasteiger partial charge in [0.1, 0.15) is 11.4 Å². The molecule has 1 aliphatic carbocycles. The lowest BCUT2D eigenvalue weighted by Crippen LogP contribution is -2.40. The molecular weight excluding hydrogens is 492 g/mol. The van der Waals surface area contributed by atoms with E-state index in [-0.39, 0.29) is 11.8 Å². The topological polar surface area (TPSA) is 106 Å². The van der Waals surface area contributed by atoms with E-state index in [4.69, 9.17) is 17.3 Å². The third-order valence-electron chi connectivity index (χ3n) is 5.71. The van der Waals surface area contributed by atoms with Crippen molar-refractivity contribution in [1.82, 2.24) is 24.6 Å². The number of nitrogens with two attached hydrogens (primary N) is 1. The molecule has 0 saturated heterocycles. The van der Waals surface area contributed by atoms with E-state index in [2.05, 4.69) is 15.3 Å². The number of anilines is 1. The molecule has 0 unspecified atom stereocenters. The van der Waals surface area contributed by atoms with Crippen LogP contribution in [0.1, 0.15) is 39.5 Å². The maximum atomic E-state index is 13.6. The number of amides is 2. The number of nitrogens with one attached hydrogen (secondary N) is 1. The van der Waals surface area contributed by atoms with Gasteiger partial charge in [-0.1, -0.05) is 35.1 Å². The summed E-state index contributed by atoms with van der Waals surface area (Å²) >= 11 is 8.92. The van der Waals surface area contributed by atoms with Crippen molar-refractivity contribution in [2.24, 2.45) is 5.92 Å². The molecule has 4 aromatic rings. The summed E-state index contributed by atoms with van der Waals surface area (Å²) < 4.78 is 1.79. The number of aryl methyl sites for hydroxylation is 1. The van der Waals surface area contributed by atoms with Gasteiger partial charge >= 0.3 is 0 Å². The number of hydrogen-bond donors (Lipinski definition) is 2. The fraction of sp³-hybridized carbons (Fsp3) is 0.304. The first-order valence-electron chi connectivity index (χ1n) is 10.9. The minimum atomic E-state index is -0.209. The third-order valence-corrected chi connectivity index (χ3v) is 7.64. The highest BCUT2D eigenvalue weighted by molar-refractivity contribution is 7.19. The first kappa shape index (κ1) is 22.8. The fourth-order valence-electron chi connectivity index (χ4n) is 3.90. The highest BCUT2D eigenvalue weighted by Gasteiger charge is 2.30. The molecule has 1 aliphatic rings. The average molecular weight is 515 g/mol. The molecule has 11 heteroatoms. The Bertz CT molecular complexity index is 1370. The van der Waals surface area contributed by atoms with E-state index in [0.29, 0.717) is 57.7 Å². The molecule has 8 nitrogen and oxygen atoms in total. The maximum Gasteiger partial charge on any atom is 0.274 e. The molecule has 1 saturated carbocycles. The van der Waals surface area contributed by atoms with Gasteiger partial charge in [0.25, 0.3) is 11.8 Å². The molecule has 176 valence electrons. The van der Waals surface area contributed by atoms with Crippen molar-refractivity contribution in [3.8, 4) is 10.4 Å². The Balaban J connectivity index is 1.32. The van der Waals surface area contributed by atoms with Gasteiger partial charge < -0.3 is 16.0 Å². The monoisotopic (exact) mass is 514 g/mol. The molecule has 0 atom stereocenters. The number of fused-ring (bicyclic) bond motifs is 1. The van der Waals surface area contributed by atoms with Crippen molar-refractivity contribution in [3.63, 3.8) is 0 Å². The minimum absolute atomic E-state index is 0.190. The molecule has 3 N–H and O–H groups in total. The summed E-state index contributed by atoms with van der Waals surface area (Å²) in [5, 5.41) is 5.75. The van der Waals surface area contributed by atoms with Gasteiger partial charge in [-0.25, -0.2) is 9.97 Å². The molecule has 2 amide bonds. The third kappa shape index (κ3) is 4.66. The van der Waals surface area contributed by atoms with Gasteiger partial charge in [0.2, 0.25) is 0 Å². The lowest BCUT2D eigenvalue weighted by atomic mass is 10.1. The molecule has 0 bridgehead atoms. The Morgan fingerprint density at radius 3 is 2.91 bits per heavy atom. The number of nitrogens with zero attached hydrogens (tertiary/aromatic N) is 4. The zero-order valence-electron chi connectivity index (χ0n) is 18.5. The summed E-state index contributed by atoms with van der Waals surface area (Å²) in [6.45, 7) is 3.14. The average Bonchev–Trinajstić information content (AvgIpc) is 3.21. The molecule has 34 heavy (non-hydrogen) atoms. The van der Waals surface area contributed by atoms with E-state index < -0.39 is 0 Å². The zero-order valence-corrected chi connectivity index (χ0v) is 20.8. The molecule has 3 heterocycles. The Kier molecular flexibility index (Phi) is 6.28. The number of aromatic nitrogens is 3. The summed E-state index contributed by atoms with van der Waals surface area (Å²) in [5.41, 5.74) is 8.32. The maximum absolute atomic E-state index is 13.6. The Hall–Kier alpha value is -2.95. The van der Waals surface area contributed by atoms with Crippen LogP contribution in [0.25, 0.3) is 15.4 Å². The number of halogens is 1. The van der Waals surface area contributed by atoms with Crippen LogP contribution in [0.2, 0.25) is 5.02 Å². The molecule has 1 fully saturated rings. The second kappa shape index (κ2) is 9.36. The smallest absolute Gasteiger partial charge is 0.274 e. The highest BCUT2D eigenvalue weighted by Crippen LogP contribution is 2.35. The molecule has 0 radical (unpaired) electrons. The lowest BCUT2D eigenvalue weighted by molar-refractivity contribution is 0.0736. The van der Waals surface area contributed by atoms with Crippen LogP contribution in [-0.4, -0.2) is 50.7 Å². The van der Waals surface area contributed by atoms with Gasteiger partial charge in [0, 0.05) is 36.2 Å². The molecule has 0 spiro atoms. The first-order valence-corrected chi connectivity index (χ1v) is 13.0. The molecule has 1 aromatic carbocycles. The zero-order chi connectivity index (χ0) is 23.8. The van der Waals surface area contributed by atoms with E-state index >= 15 is 0 Å². The number of rotatable bonds is 8. The van der Waals surface area contributed by atoms with Gasteiger partial charge in [0.15, 0.2) is 10.1 Å². The largest absolute Gasteiger partial charge is 0.375 e. The predicted octanol–water partition coefficient (Wildman–Crippen LogP) is 4.35. The summed E-state index contributed by atoms with van der Waals surface area (Å²) in [6, 6.07) is 7.31. The minimum Gasteiger partial charge on any atom is -0.375 e. The normalized spacial score (nSPS) is 13.4. The van der Waals surface area contributed by atoms with Gasteiger partial charge in [-0.05, 0) is 43.4 Å². The second-order valence-corrected chi connectivity index (χ2v) is 10.6. The van der Waals surface area contributed by atoms with E-state index in [1.165, 1.54) is 22.7 Å². The van der Waals surface area contributed by atoms with E-state index in [0.717, 1.165) is 23.4 Å². The number of hydrogen-bond acceptors (Lipinski definition) is 7. The van der Waals surface area contributed by atoms with E-state index in [9.17, 15) is 9.59 Å². The molecule has 5 rings (SSSR count). The van der Waals surface area contributed by atoms with Crippen LogP contribution in [0, 0.1) is 12.8 Å². The number of thiazole rings is 2. The Morgan fingerprint density at radius 1 is 1.32 bits per heavy atom. The van der Waals surface area contributed by atoms with Gasteiger partial charge in [-0.15, -0.1) is 11.3 Å². The Labute approximate surface area is 209 Å². The van der Waals surface area contributed by atoms with Gasteiger partial charge in [-0.3, -0.25) is 14.0 Å². The van der Waals surface area contributed by atoms with Crippen molar-refractivity contribution in [2.75, 3.05) is 25.4 Å². The number of imidazole rings is 1. The molecule has 0 aliphatic heterocycles. The van der Waals surface area contributed by atoms with Crippen molar-refractivity contribution in [3.05, 3.63) is 57.9 Å². The van der Waals surface area contributed by atoms with Crippen molar-refractivity contribution >= 4 is 56.2 Å². The quantitative estimate of drug-likeness (QED) is 0.363. The summed E-state index contributed by atoms with van der Waals surface area (Å²) in [6.07, 6.45) is 4.03. The van der Waals surface area contributed by atoms with Crippen LogP contribution in [0.4, 0.5) is 5.13 Å². The number of carbonyl (C=O) groups is 2. The number of nitrogen functional groups attached to an aromatic ring is 1. The second-order valence-electron chi connectivity index (χ2n) is 8.29. The summed E-state index contributed by atoms with van der Waals surface area (Å²) in [4.78, 5) is 38.4. The first-order chi connectivity index (χ1) is 16.4. The van der Waals surface area contributed by atoms with E-state index in [1.54, 1.807) is 21.4 Å². The van der Waals surface area contributed by atoms with Crippen LogP contribution in [-0.2, 0) is 0 Å². The predicted molar refractivity (Wildman–Crippen MR) is 136 cm³/mol. The summed E-state index contributed by atoms with van der Waals surface area (Å²) in [5.74, 6) is 0.0809. The number of carbonyl (C=O) groups excluding carboxylic acids is 2. The number of benzene rings is 1. The van der Waals surface area contributed by atoms with Gasteiger partial charge in [-0.2, -0.15) is 0 Å². The van der Waals surface area contributed by atoms with Crippen LogP contribution in [0.5, 0.6) is 0 Å². The Morgan fingerprint density at radius 2 is 2.15 bits per heavy atom. The van der Waals surface area contributed by atoms with Crippen molar-refractivity contribution in [2.45, 2.75) is 19.8 Å².